The third-order valence-corrected chi connectivity index (χ3v) is 8.95. The number of hydrogen-bond donors (Lipinski definition) is 0. The van der Waals surface area contributed by atoms with E-state index in [1.54, 1.807) is 0 Å². The van der Waals surface area contributed by atoms with Gasteiger partial charge in [-0.1, -0.05) is 94.9 Å². The van der Waals surface area contributed by atoms with Gasteiger partial charge in [-0.15, -0.1) is 0 Å². The number of benzene rings is 4. The molecule has 0 radical (unpaired) electrons. The lowest BCUT2D eigenvalue weighted by atomic mass is 9.47. The number of nitrogens with zero attached hydrogens (tertiary/aromatic N) is 1. The molecule has 5 aromatic rings. The van der Waals surface area contributed by atoms with Gasteiger partial charge in [0, 0.05) is 37.2 Å². The molecule has 166 valence electrons. The van der Waals surface area contributed by atoms with E-state index >= 15 is 0 Å². The van der Waals surface area contributed by atoms with Gasteiger partial charge in [0.2, 0.25) is 0 Å². The van der Waals surface area contributed by atoms with Gasteiger partial charge < -0.3 is 4.48 Å². The molecule has 7 rings (SSSR count). The van der Waals surface area contributed by atoms with Crippen LogP contribution in [0.4, 0.5) is 0 Å². The largest absolute Gasteiger partial charge is 0.375 e. The normalized spacial score (nSPS) is 14.1. The van der Waals surface area contributed by atoms with Crippen molar-refractivity contribution in [1.29, 1.82) is 0 Å². The van der Waals surface area contributed by atoms with E-state index in [9.17, 15) is 0 Å². The first-order chi connectivity index (χ1) is 16.3. The van der Waals surface area contributed by atoms with E-state index < -0.39 is 0 Å². The summed E-state index contributed by atoms with van der Waals surface area (Å²) < 4.78 is 2.64. The molecule has 0 saturated carbocycles. The molecule has 34 heavy (non-hydrogen) atoms. The third-order valence-electron chi connectivity index (χ3n) is 7.80. The van der Waals surface area contributed by atoms with Crippen molar-refractivity contribution < 1.29 is 0 Å². The van der Waals surface area contributed by atoms with Crippen LogP contribution < -0.4 is 10.9 Å². The number of hydrogen-bond acceptors (Lipinski definition) is 1. The van der Waals surface area contributed by atoms with Gasteiger partial charge in [-0.25, -0.2) is 0 Å². The zero-order valence-corrected chi connectivity index (χ0v) is 21.3. The summed E-state index contributed by atoms with van der Waals surface area (Å²) in [5.74, 6) is 0.516. The van der Waals surface area contributed by atoms with Crippen LogP contribution in [0.2, 0.25) is 0 Å². The molecule has 3 heteroatoms. The van der Waals surface area contributed by atoms with Gasteiger partial charge in [0.15, 0.2) is 0 Å². The molecule has 1 nitrogen and oxygen atoms in total. The molecule has 1 aromatic heterocycles. The Bertz CT molecular complexity index is 1650. The molecule has 0 spiro atoms. The summed E-state index contributed by atoms with van der Waals surface area (Å²) in [6, 6.07) is 28.1. The fraction of sp³-hybridized carbons (Fsp3) is 0.226. The molecule has 0 fully saturated rings. The lowest BCUT2D eigenvalue weighted by Crippen LogP contribution is -2.54. The number of fused-ring (bicyclic) bond motifs is 7. The zero-order chi connectivity index (χ0) is 23.4. The molecule has 4 aromatic carbocycles. The quantitative estimate of drug-likeness (QED) is 0.234. The SMILES string of the molecule is CC(C)c1ccc2c(c1)c1cccc3c1n2B1c2ccc(C(C)(C)C)cc2Sc2cccc-3c21. The van der Waals surface area contributed by atoms with Crippen molar-refractivity contribution in [2.24, 2.45) is 0 Å². The summed E-state index contributed by atoms with van der Waals surface area (Å²) in [5, 5.41) is 2.75. The van der Waals surface area contributed by atoms with Gasteiger partial charge >= 0.3 is 6.85 Å². The third kappa shape index (κ3) is 2.65. The summed E-state index contributed by atoms with van der Waals surface area (Å²) >= 11 is 1.95. The second kappa shape index (κ2) is 6.83. The number of aromatic nitrogens is 1. The highest BCUT2D eigenvalue weighted by Crippen LogP contribution is 2.43. The van der Waals surface area contributed by atoms with E-state index in [1.165, 1.54) is 64.8 Å². The highest BCUT2D eigenvalue weighted by molar-refractivity contribution is 8.00. The van der Waals surface area contributed by atoms with Crippen LogP contribution in [-0.2, 0) is 5.41 Å². The number of rotatable bonds is 1. The van der Waals surface area contributed by atoms with Crippen LogP contribution >= 0.6 is 11.8 Å². The first-order valence-electron chi connectivity index (χ1n) is 12.3. The standard InChI is InChI=1S/C31H28BNS/c1-18(2)19-12-15-26-24(16-19)23-10-6-9-22-21-8-7-11-27-29(21)32(33(26)30(22)23)25-14-13-20(31(3,4)5)17-28(25)34-27/h6-18H,1-5H3. The van der Waals surface area contributed by atoms with Gasteiger partial charge in [0.1, 0.15) is 0 Å². The lowest BCUT2D eigenvalue weighted by Gasteiger charge is -2.34. The fourth-order valence-electron chi connectivity index (χ4n) is 5.97. The highest BCUT2D eigenvalue weighted by atomic mass is 32.2. The minimum absolute atomic E-state index is 0.136. The minimum Gasteiger partial charge on any atom is -0.375 e. The van der Waals surface area contributed by atoms with Crippen LogP contribution in [-0.4, -0.2) is 11.3 Å². The Balaban J connectivity index is 1.62. The van der Waals surface area contributed by atoms with Crippen LogP contribution in [0, 0.1) is 0 Å². The molecule has 3 heterocycles. The minimum atomic E-state index is 0.136. The van der Waals surface area contributed by atoms with Crippen LogP contribution in [0.25, 0.3) is 32.9 Å². The van der Waals surface area contributed by atoms with Crippen molar-refractivity contribution >= 4 is 51.3 Å². The first kappa shape index (κ1) is 20.5. The van der Waals surface area contributed by atoms with Gasteiger partial charge in [0.05, 0.1) is 0 Å². The smallest absolute Gasteiger partial charge is 0.331 e. The van der Waals surface area contributed by atoms with Crippen LogP contribution in [0.1, 0.15) is 51.7 Å². The molecule has 0 aliphatic carbocycles. The summed E-state index contributed by atoms with van der Waals surface area (Å²) in [6.45, 7) is 11.7. The zero-order valence-electron chi connectivity index (χ0n) is 20.4. The maximum absolute atomic E-state index is 2.64. The van der Waals surface area contributed by atoms with Gasteiger partial charge in [-0.05, 0) is 63.2 Å². The van der Waals surface area contributed by atoms with Gasteiger partial charge in [-0.3, -0.25) is 0 Å². The molecular formula is C31H28BNS. The van der Waals surface area contributed by atoms with Gasteiger partial charge in [0.25, 0.3) is 0 Å². The van der Waals surface area contributed by atoms with Crippen LogP contribution in [0.5, 0.6) is 0 Å². The predicted octanol–water partition coefficient (Wildman–Crippen LogP) is 7.31. The van der Waals surface area contributed by atoms with E-state index in [0.717, 1.165) is 0 Å². The topological polar surface area (TPSA) is 4.93 Å². The summed E-state index contributed by atoms with van der Waals surface area (Å²) in [5.41, 5.74) is 11.3. The molecule has 0 amide bonds. The Hall–Kier alpha value is -2.91. The first-order valence-corrected chi connectivity index (χ1v) is 13.2. The Kier molecular flexibility index (Phi) is 4.11. The van der Waals surface area contributed by atoms with E-state index in [4.69, 9.17) is 0 Å². The van der Waals surface area contributed by atoms with Crippen molar-refractivity contribution in [3.8, 4) is 11.1 Å². The van der Waals surface area contributed by atoms with Crippen LogP contribution in [0.15, 0.2) is 82.6 Å². The van der Waals surface area contributed by atoms with Gasteiger partial charge in [-0.2, -0.15) is 0 Å². The van der Waals surface area contributed by atoms with E-state index in [2.05, 4.69) is 112 Å². The Morgan fingerprint density at radius 3 is 2.38 bits per heavy atom. The van der Waals surface area contributed by atoms with Crippen molar-refractivity contribution in [2.75, 3.05) is 0 Å². The Morgan fingerprint density at radius 1 is 0.794 bits per heavy atom. The summed E-state index contributed by atoms with van der Waals surface area (Å²) in [7, 11) is 0. The maximum Gasteiger partial charge on any atom is 0.331 e. The maximum atomic E-state index is 2.64. The highest BCUT2D eigenvalue weighted by Gasteiger charge is 2.40. The Morgan fingerprint density at radius 2 is 1.59 bits per heavy atom. The number of para-hydroxylation sites is 1. The molecule has 0 N–H and O–H groups in total. The second-order valence-corrected chi connectivity index (χ2v) is 12.3. The summed E-state index contributed by atoms with van der Waals surface area (Å²) in [4.78, 5) is 2.79. The molecular weight excluding hydrogens is 429 g/mol. The fourth-order valence-corrected chi connectivity index (χ4v) is 7.17. The molecule has 2 aliphatic heterocycles. The van der Waals surface area contributed by atoms with Crippen molar-refractivity contribution in [3.05, 3.63) is 83.9 Å². The average molecular weight is 457 g/mol. The van der Waals surface area contributed by atoms with Crippen molar-refractivity contribution in [2.45, 2.75) is 55.7 Å². The second-order valence-electron chi connectivity index (χ2n) is 11.2. The van der Waals surface area contributed by atoms with E-state index in [-0.39, 0.29) is 12.3 Å². The molecule has 0 bridgehead atoms. The van der Waals surface area contributed by atoms with Crippen LogP contribution in [0.3, 0.4) is 0 Å². The molecule has 0 unspecified atom stereocenters. The van der Waals surface area contributed by atoms with E-state index in [0.29, 0.717) is 5.92 Å². The average Bonchev–Trinajstić information content (AvgIpc) is 3.15. The van der Waals surface area contributed by atoms with Crippen molar-refractivity contribution in [1.82, 2.24) is 4.48 Å². The molecule has 2 aliphatic rings. The molecule has 0 saturated heterocycles. The molecule has 0 atom stereocenters. The summed E-state index contributed by atoms with van der Waals surface area (Å²) in [6.07, 6.45) is 0. The Labute approximate surface area is 206 Å². The monoisotopic (exact) mass is 457 g/mol. The lowest BCUT2D eigenvalue weighted by molar-refractivity contribution is 0.589. The predicted molar refractivity (Wildman–Crippen MR) is 149 cm³/mol. The van der Waals surface area contributed by atoms with E-state index in [1.807, 2.05) is 11.8 Å². The van der Waals surface area contributed by atoms with Crippen molar-refractivity contribution in [3.63, 3.8) is 0 Å².